The first-order valence-electron chi connectivity index (χ1n) is 6.11. The number of carboxylic acid groups (broad SMARTS) is 1. The van der Waals surface area contributed by atoms with Gasteiger partial charge in [0.15, 0.2) is 0 Å². The lowest BCUT2D eigenvalue weighted by atomic mass is 10.3. The molecule has 0 saturated heterocycles. The van der Waals surface area contributed by atoms with Crippen molar-refractivity contribution >= 4 is 27.5 Å². The van der Waals surface area contributed by atoms with Crippen LogP contribution in [0.1, 0.15) is 12.6 Å². The molecule has 0 fully saturated rings. The quantitative estimate of drug-likeness (QED) is 0.890. The van der Waals surface area contributed by atoms with Crippen LogP contribution in [0.25, 0.3) is 5.65 Å². The highest BCUT2D eigenvalue weighted by Gasteiger charge is 2.10. The second-order valence-electron chi connectivity index (χ2n) is 4.36. The van der Waals surface area contributed by atoms with E-state index in [9.17, 15) is 9.59 Å². The summed E-state index contributed by atoms with van der Waals surface area (Å²) in [6, 6.07) is 4.98. The highest BCUT2D eigenvalue weighted by molar-refractivity contribution is 9.10. The minimum absolute atomic E-state index is 0.0715. The first-order valence-corrected chi connectivity index (χ1v) is 6.91. The Hall–Kier alpha value is -1.73. The Balaban J connectivity index is 2.34. The lowest BCUT2D eigenvalue weighted by Crippen LogP contribution is -2.30. The third-order valence-electron chi connectivity index (χ3n) is 2.87. The zero-order chi connectivity index (χ0) is 14.7. The number of rotatable bonds is 5. The van der Waals surface area contributed by atoms with Crippen LogP contribution in [0.15, 0.2) is 33.7 Å². The van der Waals surface area contributed by atoms with Crippen LogP contribution in [0.3, 0.4) is 0 Å². The van der Waals surface area contributed by atoms with Gasteiger partial charge in [-0.05, 0) is 34.6 Å². The van der Waals surface area contributed by atoms with Gasteiger partial charge in [-0.2, -0.15) is 0 Å². The monoisotopic (exact) mass is 339 g/mol. The molecule has 1 N–H and O–H groups in total. The summed E-state index contributed by atoms with van der Waals surface area (Å²) in [4.78, 5) is 28.8. The van der Waals surface area contributed by atoms with E-state index < -0.39 is 5.97 Å². The zero-order valence-corrected chi connectivity index (χ0v) is 12.5. The molecule has 0 aliphatic heterocycles. The van der Waals surface area contributed by atoms with E-state index in [4.69, 9.17) is 5.11 Å². The Morgan fingerprint density at radius 3 is 2.90 bits per heavy atom. The van der Waals surface area contributed by atoms with Gasteiger partial charge in [0.25, 0.3) is 5.56 Å². The normalized spacial score (nSPS) is 11.2. The van der Waals surface area contributed by atoms with E-state index in [1.807, 2.05) is 6.92 Å². The van der Waals surface area contributed by atoms with Gasteiger partial charge < -0.3 is 5.11 Å². The molecule has 0 radical (unpaired) electrons. The molecule has 2 heterocycles. The Bertz CT molecular complexity index is 699. The lowest BCUT2D eigenvalue weighted by Gasteiger charge is -2.17. The summed E-state index contributed by atoms with van der Waals surface area (Å²) >= 11 is 3.30. The molecular weight excluding hydrogens is 326 g/mol. The molecular formula is C13H14BrN3O3. The van der Waals surface area contributed by atoms with E-state index in [1.165, 1.54) is 10.5 Å². The third-order valence-corrected chi connectivity index (χ3v) is 3.34. The SMILES string of the molecule is CCN(CC(=O)O)Cc1cc(=O)n2cc(Br)ccc2n1. The van der Waals surface area contributed by atoms with E-state index in [0.717, 1.165) is 4.47 Å². The number of carbonyl (C=O) groups is 1. The maximum atomic E-state index is 12.0. The van der Waals surface area contributed by atoms with Crippen molar-refractivity contribution < 1.29 is 9.90 Å². The predicted octanol–water partition coefficient (Wildman–Crippen LogP) is 1.36. The standard InChI is InChI=1S/C13H14BrN3O3/c1-2-16(8-13(19)20)7-10-5-12(18)17-6-9(14)3-4-11(17)15-10/h3-6H,2,7-8H2,1H3,(H,19,20). The average molecular weight is 340 g/mol. The van der Waals surface area contributed by atoms with Crippen LogP contribution < -0.4 is 5.56 Å². The Morgan fingerprint density at radius 2 is 2.25 bits per heavy atom. The number of likely N-dealkylation sites (N-methyl/N-ethyl adjacent to an activating group) is 1. The molecule has 0 bridgehead atoms. The van der Waals surface area contributed by atoms with Gasteiger partial charge in [-0.1, -0.05) is 6.92 Å². The van der Waals surface area contributed by atoms with Crippen LogP contribution in [-0.2, 0) is 11.3 Å². The number of nitrogens with zero attached hydrogens (tertiary/aromatic N) is 3. The number of fused-ring (bicyclic) bond motifs is 1. The molecule has 106 valence electrons. The topological polar surface area (TPSA) is 74.9 Å². The summed E-state index contributed by atoms with van der Waals surface area (Å²) in [5.74, 6) is -0.895. The fourth-order valence-electron chi connectivity index (χ4n) is 1.91. The molecule has 0 amide bonds. The van der Waals surface area contributed by atoms with Crippen molar-refractivity contribution in [1.82, 2.24) is 14.3 Å². The first-order chi connectivity index (χ1) is 9.49. The Morgan fingerprint density at radius 1 is 1.50 bits per heavy atom. The van der Waals surface area contributed by atoms with Crippen LogP contribution >= 0.6 is 15.9 Å². The predicted molar refractivity (Wildman–Crippen MR) is 77.7 cm³/mol. The molecule has 0 aromatic carbocycles. The van der Waals surface area contributed by atoms with Crippen molar-refractivity contribution in [2.45, 2.75) is 13.5 Å². The molecule has 0 aliphatic rings. The summed E-state index contributed by atoms with van der Waals surface area (Å²) in [5.41, 5.74) is 0.931. The number of hydrogen-bond donors (Lipinski definition) is 1. The van der Waals surface area contributed by atoms with Gasteiger partial charge in [0, 0.05) is 23.3 Å². The largest absolute Gasteiger partial charge is 0.480 e. The highest BCUT2D eigenvalue weighted by atomic mass is 79.9. The maximum absolute atomic E-state index is 12.0. The van der Waals surface area contributed by atoms with E-state index in [-0.39, 0.29) is 12.1 Å². The molecule has 0 saturated carbocycles. The number of hydrogen-bond acceptors (Lipinski definition) is 4. The smallest absolute Gasteiger partial charge is 0.317 e. The van der Waals surface area contributed by atoms with Crippen molar-refractivity contribution in [2.75, 3.05) is 13.1 Å². The van der Waals surface area contributed by atoms with Gasteiger partial charge >= 0.3 is 5.97 Å². The van der Waals surface area contributed by atoms with E-state index in [0.29, 0.717) is 24.4 Å². The molecule has 6 nitrogen and oxygen atoms in total. The minimum atomic E-state index is -0.895. The summed E-state index contributed by atoms with van der Waals surface area (Å²) in [6.45, 7) is 2.71. The Labute approximate surface area is 123 Å². The fraction of sp³-hybridized carbons (Fsp3) is 0.308. The van der Waals surface area contributed by atoms with Gasteiger partial charge in [0.1, 0.15) is 5.65 Å². The number of carboxylic acids is 1. The van der Waals surface area contributed by atoms with Gasteiger partial charge in [-0.15, -0.1) is 0 Å². The first kappa shape index (κ1) is 14.7. The van der Waals surface area contributed by atoms with E-state index in [2.05, 4.69) is 20.9 Å². The van der Waals surface area contributed by atoms with Crippen LogP contribution in [0, 0.1) is 0 Å². The molecule has 0 unspecified atom stereocenters. The number of halogens is 1. The second kappa shape index (κ2) is 6.15. The van der Waals surface area contributed by atoms with Gasteiger partial charge in [-0.25, -0.2) is 4.98 Å². The lowest BCUT2D eigenvalue weighted by molar-refractivity contribution is -0.138. The molecule has 20 heavy (non-hydrogen) atoms. The van der Waals surface area contributed by atoms with Gasteiger partial charge in [0.2, 0.25) is 0 Å². The Kier molecular flexibility index (Phi) is 4.51. The molecule has 0 spiro atoms. The molecule has 2 rings (SSSR count). The van der Waals surface area contributed by atoms with Crippen LogP contribution in [-0.4, -0.2) is 38.4 Å². The van der Waals surface area contributed by atoms with Crippen molar-refractivity contribution in [3.63, 3.8) is 0 Å². The van der Waals surface area contributed by atoms with E-state index in [1.54, 1.807) is 23.2 Å². The molecule has 2 aromatic heterocycles. The van der Waals surface area contributed by atoms with Crippen molar-refractivity contribution in [2.24, 2.45) is 0 Å². The molecule has 7 heteroatoms. The maximum Gasteiger partial charge on any atom is 0.317 e. The number of aromatic nitrogens is 2. The highest BCUT2D eigenvalue weighted by Crippen LogP contribution is 2.10. The van der Waals surface area contributed by atoms with Gasteiger partial charge in [-0.3, -0.25) is 18.9 Å². The second-order valence-corrected chi connectivity index (χ2v) is 5.27. The van der Waals surface area contributed by atoms with Crippen LogP contribution in [0.2, 0.25) is 0 Å². The number of aliphatic carboxylic acids is 1. The number of pyridine rings is 1. The summed E-state index contributed by atoms with van der Waals surface area (Å²) in [6.07, 6.45) is 1.66. The third kappa shape index (κ3) is 3.43. The summed E-state index contributed by atoms with van der Waals surface area (Å²) in [5, 5.41) is 8.82. The summed E-state index contributed by atoms with van der Waals surface area (Å²) < 4.78 is 2.24. The molecule has 2 aromatic rings. The van der Waals surface area contributed by atoms with Crippen molar-refractivity contribution in [3.8, 4) is 0 Å². The average Bonchev–Trinajstić information content (AvgIpc) is 2.38. The fourth-order valence-corrected chi connectivity index (χ4v) is 2.24. The van der Waals surface area contributed by atoms with Crippen molar-refractivity contribution in [1.29, 1.82) is 0 Å². The van der Waals surface area contributed by atoms with Crippen molar-refractivity contribution in [3.05, 3.63) is 44.9 Å². The summed E-state index contributed by atoms with van der Waals surface area (Å²) in [7, 11) is 0. The van der Waals surface area contributed by atoms with E-state index >= 15 is 0 Å². The van der Waals surface area contributed by atoms with Crippen LogP contribution in [0.5, 0.6) is 0 Å². The zero-order valence-electron chi connectivity index (χ0n) is 10.9. The molecule has 0 atom stereocenters. The minimum Gasteiger partial charge on any atom is -0.480 e. The van der Waals surface area contributed by atoms with Crippen LogP contribution in [0.4, 0.5) is 0 Å². The van der Waals surface area contributed by atoms with Gasteiger partial charge in [0.05, 0.1) is 12.2 Å². The molecule has 0 aliphatic carbocycles.